The number of benzene rings is 9. The molecule has 3 heteroatoms. The molecule has 0 amide bonds. The third-order valence-electron chi connectivity index (χ3n) is 11.0. The summed E-state index contributed by atoms with van der Waals surface area (Å²) in [6.45, 7) is 0. The Hall–Kier alpha value is -6.84. The summed E-state index contributed by atoms with van der Waals surface area (Å²) in [4.78, 5) is 0. The summed E-state index contributed by atoms with van der Waals surface area (Å²) in [5, 5.41) is 14.7. The minimum atomic E-state index is 0.897. The molecule has 236 valence electrons. The summed E-state index contributed by atoms with van der Waals surface area (Å²) >= 11 is 0. The van der Waals surface area contributed by atoms with Crippen LogP contribution >= 0.6 is 0 Å². The fourth-order valence-corrected chi connectivity index (χ4v) is 9.12. The van der Waals surface area contributed by atoms with E-state index in [0.29, 0.717) is 0 Å². The second kappa shape index (κ2) is 9.87. The van der Waals surface area contributed by atoms with Crippen LogP contribution in [0.2, 0.25) is 0 Å². The van der Waals surface area contributed by atoms with E-state index in [4.69, 9.17) is 4.42 Å². The first-order chi connectivity index (χ1) is 25.4. The molecule has 0 bridgehead atoms. The molecule has 3 aromatic heterocycles. The molecule has 12 rings (SSSR count). The summed E-state index contributed by atoms with van der Waals surface area (Å²) < 4.78 is 12.0. The number of aromatic nitrogens is 2. The number of nitrogens with zero attached hydrogens (tertiary/aromatic N) is 2. The van der Waals surface area contributed by atoms with E-state index in [9.17, 15) is 0 Å². The molecular formula is C48H28N2O. The van der Waals surface area contributed by atoms with E-state index in [-0.39, 0.29) is 0 Å². The zero-order valence-electron chi connectivity index (χ0n) is 27.5. The highest BCUT2D eigenvalue weighted by atomic mass is 16.3. The Morgan fingerprint density at radius 2 is 0.824 bits per heavy atom. The van der Waals surface area contributed by atoms with Gasteiger partial charge in [-0.15, -0.1) is 0 Å². The molecule has 0 saturated heterocycles. The second-order valence-electron chi connectivity index (χ2n) is 13.6. The van der Waals surface area contributed by atoms with Gasteiger partial charge in [-0.1, -0.05) is 127 Å². The van der Waals surface area contributed by atoms with Crippen molar-refractivity contribution in [2.24, 2.45) is 0 Å². The summed E-state index contributed by atoms with van der Waals surface area (Å²) in [5.41, 5.74) is 8.70. The molecule has 0 aliphatic heterocycles. The second-order valence-corrected chi connectivity index (χ2v) is 13.6. The largest absolute Gasteiger partial charge is 0.454 e. The summed E-state index contributed by atoms with van der Waals surface area (Å²) in [7, 11) is 0. The number of hydrogen-bond acceptors (Lipinski definition) is 1. The van der Waals surface area contributed by atoms with Gasteiger partial charge in [0, 0.05) is 48.8 Å². The maximum Gasteiger partial charge on any atom is 0.160 e. The Morgan fingerprint density at radius 1 is 0.314 bits per heavy atom. The van der Waals surface area contributed by atoms with Crippen LogP contribution < -0.4 is 0 Å². The predicted octanol–water partition coefficient (Wildman–Crippen LogP) is 13.2. The normalized spacial score (nSPS) is 12.3. The first kappa shape index (κ1) is 27.0. The fraction of sp³-hybridized carbons (Fsp3) is 0. The number of rotatable bonds is 2. The maximum atomic E-state index is 7.07. The molecule has 12 aromatic rings. The fourth-order valence-electron chi connectivity index (χ4n) is 9.12. The molecule has 0 saturated carbocycles. The Balaban J connectivity index is 1.40. The van der Waals surface area contributed by atoms with Crippen LogP contribution in [0, 0.1) is 0 Å². The minimum Gasteiger partial charge on any atom is -0.454 e. The first-order valence-corrected chi connectivity index (χ1v) is 17.5. The molecule has 3 heterocycles. The van der Waals surface area contributed by atoms with Crippen LogP contribution in [-0.4, -0.2) is 9.13 Å². The van der Waals surface area contributed by atoms with Gasteiger partial charge in [0.15, 0.2) is 5.58 Å². The third kappa shape index (κ3) is 3.42. The van der Waals surface area contributed by atoms with Crippen molar-refractivity contribution in [3.05, 3.63) is 170 Å². The number of fused-ring (bicyclic) bond motifs is 18. The van der Waals surface area contributed by atoms with E-state index in [1.54, 1.807) is 0 Å². The Labute approximate surface area is 291 Å². The average Bonchev–Trinajstić information content (AvgIpc) is 3.86. The molecule has 0 spiro atoms. The van der Waals surface area contributed by atoms with Crippen LogP contribution in [0.15, 0.2) is 174 Å². The summed E-state index contributed by atoms with van der Waals surface area (Å²) in [6.07, 6.45) is 0. The van der Waals surface area contributed by atoms with Crippen molar-refractivity contribution in [3.8, 4) is 11.4 Å². The Morgan fingerprint density at radius 3 is 1.53 bits per heavy atom. The summed E-state index contributed by atoms with van der Waals surface area (Å²) in [6, 6.07) is 61.5. The van der Waals surface area contributed by atoms with Crippen molar-refractivity contribution in [3.63, 3.8) is 0 Å². The standard InChI is InChI=1S/C48H28N2O/c1-2-15-29(16-3-1)49-37-24-11-8-21-34(37)42-39(49)26-14-27-40(42)50-38-25-12-9-22-35(38)45-43-32-19-6-4-17-30(32)31-18-5-7-20-33(31)44(43)46-36-23-10-13-28-41(36)51-48(46)47(45)50/h1-28H. The van der Waals surface area contributed by atoms with E-state index in [1.807, 2.05) is 0 Å². The first-order valence-electron chi connectivity index (χ1n) is 17.5. The van der Waals surface area contributed by atoms with Crippen LogP contribution in [0.4, 0.5) is 0 Å². The van der Waals surface area contributed by atoms with Gasteiger partial charge in [0.25, 0.3) is 0 Å². The highest BCUT2D eigenvalue weighted by molar-refractivity contribution is 6.44. The lowest BCUT2D eigenvalue weighted by molar-refractivity contribution is 0.671. The van der Waals surface area contributed by atoms with E-state index < -0.39 is 0 Å². The summed E-state index contributed by atoms with van der Waals surface area (Å²) in [5.74, 6) is 0. The molecule has 0 radical (unpaired) electrons. The SMILES string of the molecule is c1ccc(-n2c3ccccc3c3c(-n4c5ccccc5c5c6c7ccccc7c7ccccc7c6c6c7ccccc7oc6c54)cccc32)cc1. The Kier molecular flexibility index (Phi) is 5.23. The zero-order valence-corrected chi connectivity index (χ0v) is 27.5. The number of furan rings is 1. The van der Waals surface area contributed by atoms with Crippen LogP contribution in [0.3, 0.4) is 0 Å². The van der Waals surface area contributed by atoms with Crippen molar-refractivity contribution in [1.82, 2.24) is 9.13 Å². The van der Waals surface area contributed by atoms with Crippen LogP contribution in [0.25, 0.3) is 109 Å². The molecule has 0 N–H and O–H groups in total. The van der Waals surface area contributed by atoms with Crippen LogP contribution in [0.1, 0.15) is 0 Å². The molecule has 9 aromatic carbocycles. The molecule has 51 heavy (non-hydrogen) atoms. The Bertz CT molecular complexity index is 3410. The van der Waals surface area contributed by atoms with Crippen molar-refractivity contribution in [1.29, 1.82) is 0 Å². The smallest absolute Gasteiger partial charge is 0.160 e. The topological polar surface area (TPSA) is 23.0 Å². The predicted molar refractivity (Wildman–Crippen MR) is 215 cm³/mol. The van der Waals surface area contributed by atoms with E-state index in [1.165, 1.54) is 64.9 Å². The van der Waals surface area contributed by atoms with Gasteiger partial charge in [0.1, 0.15) is 5.58 Å². The molecule has 0 unspecified atom stereocenters. The van der Waals surface area contributed by atoms with Gasteiger partial charge in [-0.25, -0.2) is 0 Å². The lowest BCUT2D eigenvalue weighted by atomic mass is 9.89. The van der Waals surface area contributed by atoms with Gasteiger partial charge < -0.3 is 13.6 Å². The van der Waals surface area contributed by atoms with Crippen molar-refractivity contribution in [2.75, 3.05) is 0 Å². The molecule has 0 atom stereocenters. The number of para-hydroxylation sites is 4. The van der Waals surface area contributed by atoms with Crippen molar-refractivity contribution >= 4 is 97.9 Å². The highest BCUT2D eigenvalue weighted by Gasteiger charge is 2.27. The minimum absolute atomic E-state index is 0.897. The molecule has 0 aliphatic rings. The van der Waals surface area contributed by atoms with Gasteiger partial charge in [-0.2, -0.15) is 0 Å². The third-order valence-corrected chi connectivity index (χ3v) is 11.0. The molecular weight excluding hydrogens is 621 g/mol. The molecule has 0 fully saturated rings. The van der Waals surface area contributed by atoms with Crippen LogP contribution in [-0.2, 0) is 0 Å². The van der Waals surface area contributed by atoms with Gasteiger partial charge in [0.2, 0.25) is 0 Å². The average molecular weight is 649 g/mol. The molecule has 3 nitrogen and oxygen atoms in total. The quantitative estimate of drug-likeness (QED) is 0.171. The van der Waals surface area contributed by atoms with Gasteiger partial charge in [-0.05, 0) is 64.0 Å². The maximum absolute atomic E-state index is 7.07. The van der Waals surface area contributed by atoms with Crippen LogP contribution in [0.5, 0.6) is 0 Å². The molecule has 0 aliphatic carbocycles. The van der Waals surface area contributed by atoms with Gasteiger partial charge >= 0.3 is 0 Å². The highest BCUT2D eigenvalue weighted by Crippen LogP contribution is 2.51. The van der Waals surface area contributed by atoms with Gasteiger partial charge in [0.05, 0.1) is 27.8 Å². The lowest BCUT2D eigenvalue weighted by Crippen LogP contribution is -1.97. The van der Waals surface area contributed by atoms with E-state index >= 15 is 0 Å². The van der Waals surface area contributed by atoms with E-state index in [2.05, 4.69) is 179 Å². The van der Waals surface area contributed by atoms with Crippen molar-refractivity contribution in [2.45, 2.75) is 0 Å². The van der Waals surface area contributed by atoms with Crippen molar-refractivity contribution < 1.29 is 4.42 Å². The number of hydrogen-bond donors (Lipinski definition) is 0. The zero-order chi connectivity index (χ0) is 33.2. The lowest BCUT2D eigenvalue weighted by Gasteiger charge is -2.15. The monoisotopic (exact) mass is 648 g/mol. The van der Waals surface area contributed by atoms with Gasteiger partial charge in [-0.3, -0.25) is 0 Å². The van der Waals surface area contributed by atoms with E-state index in [0.717, 1.165) is 44.3 Å².